The van der Waals surface area contributed by atoms with Gasteiger partial charge in [-0.1, -0.05) is 0 Å². The number of hydrogen-bond acceptors (Lipinski definition) is 5. The summed E-state index contributed by atoms with van der Waals surface area (Å²) in [7, 11) is 0. The van der Waals surface area contributed by atoms with Crippen LogP contribution in [0.2, 0.25) is 0 Å². The van der Waals surface area contributed by atoms with Crippen LogP contribution in [0, 0.1) is 24.3 Å². The third-order valence-corrected chi connectivity index (χ3v) is 7.73. The molecule has 168 valence electrons. The van der Waals surface area contributed by atoms with Crippen molar-refractivity contribution < 1.29 is 9.53 Å². The number of piperazine rings is 2. The van der Waals surface area contributed by atoms with Crippen LogP contribution in [0.15, 0.2) is 0 Å². The van der Waals surface area contributed by atoms with E-state index >= 15 is 0 Å². The van der Waals surface area contributed by atoms with E-state index in [1.165, 1.54) is 31.5 Å². The number of nitrogens with zero attached hydrogens (tertiary/aromatic N) is 3. The van der Waals surface area contributed by atoms with Crippen molar-refractivity contribution in [3.05, 3.63) is 25.8 Å². The summed E-state index contributed by atoms with van der Waals surface area (Å²) in [5, 5.41) is 3.45. The van der Waals surface area contributed by atoms with Crippen molar-refractivity contribution in [2.45, 2.75) is 53.7 Å². The van der Waals surface area contributed by atoms with E-state index in [4.69, 9.17) is 4.74 Å². The number of nitrogens with one attached hydrogen (secondary N) is 1. The van der Waals surface area contributed by atoms with Crippen LogP contribution >= 0.6 is 22.6 Å². The van der Waals surface area contributed by atoms with Crippen LogP contribution in [0.5, 0.6) is 0 Å². The van der Waals surface area contributed by atoms with Gasteiger partial charge < -0.3 is 19.9 Å². The lowest BCUT2D eigenvalue weighted by Crippen LogP contribution is -2.50. The van der Waals surface area contributed by atoms with Gasteiger partial charge in [-0.05, 0) is 86.4 Å². The van der Waals surface area contributed by atoms with E-state index in [0.29, 0.717) is 13.1 Å². The van der Waals surface area contributed by atoms with Crippen molar-refractivity contribution >= 4 is 34.4 Å². The Bertz CT molecular complexity index is 777. The largest absolute Gasteiger partial charge is 0.444 e. The number of carbonyl (C=O) groups is 1. The van der Waals surface area contributed by atoms with Gasteiger partial charge in [-0.25, -0.2) is 4.79 Å². The molecular weight excluding hydrogens is 491 g/mol. The zero-order chi connectivity index (χ0) is 22.1. The molecule has 0 unspecified atom stereocenters. The number of halogens is 1. The molecule has 2 aliphatic rings. The Balaban J connectivity index is 1.78. The molecule has 0 aromatic heterocycles. The molecule has 2 aliphatic heterocycles. The molecule has 2 fully saturated rings. The van der Waals surface area contributed by atoms with Crippen molar-refractivity contribution in [3.8, 4) is 0 Å². The number of amides is 1. The van der Waals surface area contributed by atoms with Crippen molar-refractivity contribution in [1.82, 2.24) is 15.1 Å². The maximum absolute atomic E-state index is 12.4. The Kier molecular flexibility index (Phi) is 7.56. The first-order valence-electron chi connectivity index (χ1n) is 11.0. The number of anilines is 1. The second-order valence-electron chi connectivity index (χ2n) is 9.50. The average molecular weight is 528 g/mol. The van der Waals surface area contributed by atoms with Gasteiger partial charge in [-0.3, -0.25) is 4.90 Å². The van der Waals surface area contributed by atoms with Gasteiger partial charge in [-0.15, -0.1) is 0 Å². The summed E-state index contributed by atoms with van der Waals surface area (Å²) in [4.78, 5) is 19.3. The Morgan fingerprint density at radius 2 is 1.57 bits per heavy atom. The molecule has 6 nitrogen and oxygen atoms in total. The van der Waals surface area contributed by atoms with Gasteiger partial charge >= 0.3 is 6.09 Å². The molecule has 1 amide bonds. The molecule has 0 spiro atoms. The molecule has 0 atom stereocenters. The SMILES string of the molecule is Cc1c(I)c(C)c(N2CCN(C(=O)OC(C)(C)C)CC2)c(C)c1CN1CCNCC1. The molecule has 3 rings (SSSR count). The zero-order valence-electron chi connectivity index (χ0n) is 19.4. The Hall–Kier alpha value is -1.06. The summed E-state index contributed by atoms with van der Waals surface area (Å²) in [5.74, 6) is 0. The summed E-state index contributed by atoms with van der Waals surface area (Å²) >= 11 is 2.51. The van der Waals surface area contributed by atoms with Crippen molar-refractivity contribution in [2.75, 3.05) is 57.3 Å². The molecule has 2 heterocycles. The van der Waals surface area contributed by atoms with Crippen molar-refractivity contribution in [2.24, 2.45) is 0 Å². The summed E-state index contributed by atoms with van der Waals surface area (Å²) in [6.07, 6.45) is -0.200. The number of rotatable bonds is 3. The van der Waals surface area contributed by atoms with E-state index in [1.807, 2.05) is 25.7 Å². The second kappa shape index (κ2) is 9.61. The lowest BCUT2D eigenvalue weighted by atomic mass is 9.95. The highest BCUT2D eigenvalue weighted by atomic mass is 127. The van der Waals surface area contributed by atoms with Gasteiger partial charge in [0, 0.05) is 68.2 Å². The number of carbonyl (C=O) groups excluding carboxylic acids is 1. The molecule has 7 heteroatoms. The quantitative estimate of drug-likeness (QED) is 0.607. The minimum Gasteiger partial charge on any atom is -0.444 e. The fourth-order valence-electron chi connectivity index (χ4n) is 4.47. The van der Waals surface area contributed by atoms with Gasteiger partial charge in [0.15, 0.2) is 0 Å². The van der Waals surface area contributed by atoms with Crippen LogP contribution in [0.1, 0.15) is 43.0 Å². The standard InChI is InChI=1S/C23H37IN4O2/c1-16-19(15-26-9-7-25-8-10-26)17(2)21(18(3)20(16)24)27-11-13-28(14-12-27)22(29)30-23(4,5)6/h25H,7-15H2,1-6H3. The predicted molar refractivity (Wildman–Crippen MR) is 132 cm³/mol. The summed E-state index contributed by atoms with van der Waals surface area (Å²) in [6, 6.07) is 0. The Labute approximate surface area is 195 Å². The van der Waals surface area contributed by atoms with Gasteiger partial charge in [0.25, 0.3) is 0 Å². The minimum atomic E-state index is -0.451. The highest BCUT2D eigenvalue weighted by Crippen LogP contribution is 2.36. The smallest absolute Gasteiger partial charge is 0.410 e. The van der Waals surface area contributed by atoms with Gasteiger partial charge in [0.1, 0.15) is 5.60 Å². The molecule has 30 heavy (non-hydrogen) atoms. The minimum absolute atomic E-state index is 0.200. The molecular formula is C23H37IN4O2. The third-order valence-electron chi connectivity index (χ3n) is 6.11. The van der Waals surface area contributed by atoms with Crippen LogP contribution in [0.3, 0.4) is 0 Å². The summed E-state index contributed by atoms with van der Waals surface area (Å²) < 4.78 is 6.93. The van der Waals surface area contributed by atoms with E-state index in [9.17, 15) is 4.79 Å². The first-order valence-corrected chi connectivity index (χ1v) is 12.1. The maximum Gasteiger partial charge on any atom is 0.410 e. The van der Waals surface area contributed by atoms with Gasteiger partial charge in [0.2, 0.25) is 0 Å². The van der Waals surface area contributed by atoms with Crippen molar-refractivity contribution in [3.63, 3.8) is 0 Å². The molecule has 2 saturated heterocycles. The predicted octanol–water partition coefficient (Wildman–Crippen LogP) is 3.68. The highest BCUT2D eigenvalue weighted by Gasteiger charge is 2.28. The van der Waals surface area contributed by atoms with E-state index in [-0.39, 0.29) is 6.09 Å². The lowest BCUT2D eigenvalue weighted by molar-refractivity contribution is 0.0240. The van der Waals surface area contributed by atoms with E-state index < -0.39 is 5.60 Å². The molecule has 0 aliphatic carbocycles. The Morgan fingerprint density at radius 3 is 2.13 bits per heavy atom. The topological polar surface area (TPSA) is 48.1 Å². The maximum atomic E-state index is 12.4. The number of hydrogen-bond donors (Lipinski definition) is 1. The van der Waals surface area contributed by atoms with E-state index in [1.54, 1.807) is 0 Å². The highest BCUT2D eigenvalue weighted by molar-refractivity contribution is 14.1. The Morgan fingerprint density at radius 1 is 0.967 bits per heavy atom. The first kappa shape index (κ1) is 23.6. The van der Waals surface area contributed by atoms with E-state index in [2.05, 4.69) is 58.5 Å². The summed E-state index contributed by atoms with van der Waals surface area (Å²) in [6.45, 7) is 21.0. The molecule has 1 N–H and O–H groups in total. The average Bonchev–Trinajstić information content (AvgIpc) is 2.70. The van der Waals surface area contributed by atoms with Gasteiger partial charge in [-0.2, -0.15) is 0 Å². The van der Waals surface area contributed by atoms with E-state index in [0.717, 1.165) is 45.8 Å². The van der Waals surface area contributed by atoms with Crippen LogP contribution < -0.4 is 10.2 Å². The molecule has 0 saturated carbocycles. The fraction of sp³-hybridized carbons (Fsp3) is 0.696. The number of ether oxygens (including phenoxy) is 1. The lowest BCUT2D eigenvalue weighted by Gasteiger charge is -2.39. The molecule has 0 bridgehead atoms. The van der Waals surface area contributed by atoms with Crippen LogP contribution in [0.25, 0.3) is 0 Å². The monoisotopic (exact) mass is 528 g/mol. The second-order valence-corrected chi connectivity index (χ2v) is 10.6. The number of benzene rings is 1. The van der Waals surface area contributed by atoms with Crippen molar-refractivity contribution in [1.29, 1.82) is 0 Å². The van der Waals surface area contributed by atoms with Crippen LogP contribution in [-0.4, -0.2) is 73.9 Å². The summed E-state index contributed by atoms with van der Waals surface area (Å²) in [5.41, 5.74) is 6.55. The zero-order valence-corrected chi connectivity index (χ0v) is 21.6. The van der Waals surface area contributed by atoms with Crippen LogP contribution in [-0.2, 0) is 11.3 Å². The first-order chi connectivity index (χ1) is 14.1. The van der Waals surface area contributed by atoms with Crippen LogP contribution in [0.4, 0.5) is 10.5 Å². The van der Waals surface area contributed by atoms with Gasteiger partial charge in [0.05, 0.1) is 0 Å². The fourth-order valence-corrected chi connectivity index (χ4v) is 5.05. The molecule has 1 aromatic carbocycles. The third kappa shape index (κ3) is 5.40. The normalized spacial score (nSPS) is 18.6. The molecule has 1 aromatic rings. The molecule has 0 radical (unpaired) electrons.